The number of benzene rings is 1. The van der Waals surface area contributed by atoms with Crippen LogP contribution in [0.1, 0.15) is 0 Å². The van der Waals surface area contributed by atoms with Crippen molar-refractivity contribution in [2.75, 3.05) is 0 Å². The molecule has 3 N–H and O–H groups in total. The van der Waals surface area contributed by atoms with Gasteiger partial charge in [0.25, 0.3) is 11.1 Å². The van der Waals surface area contributed by atoms with Crippen molar-refractivity contribution in [1.82, 2.24) is 10.2 Å². The molecule has 1 aromatic carbocycles. The number of H-pyrrole nitrogens is 2. The Morgan fingerprint density at radius 1 is 1.07 bits per heavy atom. The van der Waals surface area contributed by atoms with Crippen LogP contribution in [0.2, 0.25) is 0 Å². The van der Waals surface area contributed by atoms with Gasteiger partial charge in [0.15, 0.2) is 0 Å². The zero-order valence-electron chi connectivity index (χ0n) is 7.55. The third-order valence-electron chi connectivity index (χ3n) is 1.83. The fraction of sp³-hybridized carbons (Fsp3) is 0. The van der Waals surface area contributed by atoms with E-state index in [0.717, 1.165) is 0 Å². The van der Waals surface area contributed by atoms with E-state index in [1.807, 2.05) is 0 Å². The van der Waals surface area contributed by atoms with Crippen molar-refractivity contribution in [1.29, 1.82) is 0 Å². The van der Waals surface area contributed by atoms with Gasteiger partial charge in [0.2, 0.25) is 0 Å². The monoisotopic (exact) mass is 215 g/mol. The summed E-state index contributed by atoms with van der Waals surface area (Å²) in [4.78, 5) is 22.4. The summed E-state index contributed by atoms with van der Waals surface area (Å²) in [5, 5.41) is 4.74. The minimum Gasteiger partial charge on any atom is -0.698 e. The van der Waals surface area contributed by atoms with Gasteiger partial charge in [0.1, 0.15) is 0 Å². The van der Waals surface area contributed by atoms with Crippen LogP contribution in [0.15, 0.2) is 27.8 Å². The molecular weight excluding hydrogens is 209 g/mol. The van der Waals surface area contributed by atoms with Gasteiger partial charge in [0, 0.05) is 5.39 Å². The van der Waals surface area contributed by atoms with Crippen molar-refractivity contribution < 1.29 is 51.4 Å². The maximum atomic E-state index is 11.2. The first-order valence-electron chi connectivity index (χ1n) is 3.65. The molecule has 0 aliphatic heterocycles. The molecule has 5 nitrogen and oxygen atoms in total. The molecule has 0 fully saturated rings. The van der Waals surface area contributed by atoms with Crippen LogP contribution in [0.4, 0.5) is 5.69 Å². The first-order chi connectivity index (χ1) is 6.20. The summed E-state index contributed by atoms with van der Waals surface area (Å²) < 4.78 is 0. The van der Waals surface area contributed by atoms with Gasteiger partial charge < -0.3 is 5.73 Å². The molecule has 0 radical (unpaired) electrons. The predicted molar refractivity (Wildman–Crippen MR) is 49.2 cm³/mol. The minimum absolute atomic E-state index is 0. The third kappa shape index (κ3) is 1.84. The first kappa shape index (κ1) is 11.7. The molecule has 0 bridgehead atoms. The Balaban J connectivity index is 0.000000980. The zero-order chi connectivity index (χ0) is 9.42. The zero-order valence-corrected chi connectivity index (χ0v) is 10.7. The standard InChI is InChI=1S/C8H7N3O2.K/c9-5-3-1-2-4-6(5)8(13)11-10-7(4)12;/h1-3H,(H4,9,10,11,12,13);/q;+1/p-1. The molecule has 2 aromatic rings. The second kappa shape index (κ2) is 4.41. The fourth-order valence-electron chi connectivity index (χ4n) is 1.23. The quantitative estimate of drug-likeness (QED) is 0.493. The fourth-order valence-corrected chi connectivity index (χ4v) is 1.23. The second-order valence-electron chi connectivity index (χ2n) is 2.64. The van der Waals surface area contributed by atoms with E-state index in [2.05, 4.69) is 10.2 Å². The van der Waals surface area contributed by atoms with Gasteiger partial charge in [-0.15, -0.1) is 5.69 Å². The smallest absolute Gasteiger partial charge is 0.698 e. The number of aromatic nitrogens is 2. The number of aromatic amines is 2. The van der Waals surface area contributed by atoms with Crippen molar-refractivity contribution in [3.8, 4) is 0 Å². The molecule has 6 heteroatoms. The Labute approximate surface area is 121 Å². The Kier molecular flexibility index (Phi) is 3.68. The van der Waals surface area contributed by atoms with E-state index in [-0.39, 0.29) is 73.4 Å². The van der Waals surface area contributed by atoms with Crippen molar-refractivity contribution in [3.05, 3.63) is 44.6 Å². The molecule has 66 valence electrons. The van der Waals surface area contributed by atoms with Crippen LogP contribution in [0.25, 0.3) is 16.5 Å². The molecule has 0 saturated heterocycles. The molecule has 0 spiro atoms. The van der Waals surface area contributed by atoms with Gasteiger partial charge in [-0.3, -0.25) is 19.8 Å². The molecule has 1 aromatic heterocycles. The average Bonchev–Trinajstić information content (AvgIpc) is 2.12. The van der Waals surface area contributed by atoms with E-state index in [9.17, 15) is 9.59 Å². The van der Waals surface area contributed by atoms with Crippen LogP contribution in [-0.2, 0) is 0 Å². The molecular formula is C8H6KN3O2. The first-order valence-corrected chi connectivity index (χ1v) is 3.65. The van der Waals surface area contributed by atoms with Crippen molar-refractivity contribution in [2.45, 2.75) is 0 Å². The van der Waals surface area contributed by atoms with E-state index < -0.39 is 5.56 Å². The maximum Gasteiger partial charge on any atom is 1.00 e. The Morgan fingerprint density at radius 2 is 1.71 bits per heavy atom. The minimum atomic E-state index is -0.444. The SMILES string of the molecule is [K+].[NH-]c1cccc2c(=O)[nH][nH]c(=O)c12. The van der Waals surface area contributed by atoms with Gasteiger partial charge >= 0.3 is 51.4 Å². The molecule has 0 amide bonds. The Morgan fingerprint density at radius 3 is 2.36 bits per heavy atom. The average molecular weight is 215 g/mol. The van der Waals surface area contributed by atoms with E-state index in [0.29, 0.717) is 0 Å². The topological polar surface area (TPSA) is 89.5 Å². The Hall–Kier alpha value is -0.404. The van der Waals surface area contributed by atoms with Gasteiger partial charge in [-0.1, -0.05) is 12.1 Å². The number of hydrogen-bond acceptors (Lipinski definition) is 2. The summed E-state index contributed by atoms with van der Waals surface area (Å²) in [5.41, 5.74) is 6.66. The van der Waals surface area contributed by atoms with Crippen molar-refractivity contribution in [3.63, 3.8) is 0 Å². The number of rotatable bonds is 0. The summed E-state index contributed by atoms with van der Waals surface area (Å²) >= 11 is 0. The summed E-state index contributed by atoms with van der Waals surface area (Å²) in [6, 6.07) is 4.55. The van der Waals surface area contributed by atoms with Crippen LogP contribution >= 0.6 is 0 Å². The molecule has 14 heavy (non-hydrogen) atoms. The molecule has 0 unspecified atom stereocenters. The van der Waals surface area contributed by atoms with E-state index in [4.69, 9.17) is 5.73 Å². The van der Waals surface area contributed by atoms with Gasteiger partial charge in [-0.05, 0) is 6.07 Å². The third-order valence-corrected chi connectivity index (χ3v) is 1.83. The van der Waals surface area contributed by atoms with Crippen LogP contribution in [0.5, 0.6) is 0 Å². The molecule has 2 rings (SSSR count). The van der Waals surface area contributed by atoms with Crippen molar-refractivity contribution >= 4 is 16.5 Å². The van der Waals surface area contributed by atoms with Gasteiger partial charge in [-0.2, -0.15) is 0 Å². The number of hydrogen-bond donors (Lipinski definition) is 2. The summed E-state index contributed by atoms with van der Waals surface area (Å²) in [7, 11) is 0. The van der Waals surface area contributed by atoms with Gasteiger partial charge in [0.05, 0.1) is 5.39 Å². The summed E-state index contributed by atoms with van der Waals surface area (Å²) in [5.74, 6) is 0. The maximum absolute atomic E-state index is 11.2. The summed E-state index contributed by atoms with van der Waals surface area (Å²) in [6.45, 7) is 0. The van der Waals surface area contributed by atoms with E-state index >= 15 is 0 Å². The molecule has 1 heterocycles. The number of nitrogens with one attached hydrogen (secondary N) is 3. The normalized spacial score (nSPS) is 9.71. The second-order valence-corrected chi connectivity index (χ2v) is 2.64. The van der Waals surface area contributed by atoms with E-state index in [1.165, 1.54) is 12.1 Å². The van der Waals surface area contributed by atoms with Crippen LogP contribution in [-0.4, -0.2) is 10.2 Å². The predicted octanol–water partition coefficient (Wildman–Crippen LogP) is -2.10. The molecule has 0 aliphatic rings. The van der Waals surface area contributed by atoms with Crippen LogP contribution in [0.3, 0.4) is 0 Å². The van der Waals surface area contributed by atoms with E-state index in [1.54, 1.807) is 6.07 Å². The molecule has 0 aliphatic carbocycles. The summed E-state index contributed by atoms with van der Waals surface area (Å²) in [6.07, 6.45) is 0. The van der Waals surface area contributed by atoms with Crippen molar-refractivity contribution in [2.24, 2.45) is 0 Å². The van der Waals surface area contributed by atoms with Gasteiger partial charge in [-0.25, -0.2) is 0 Å². The van der Waals surface area contributed by atoms with Crippen LogP contribution < -0.4 is 62.5 Å². The largest absolute Gasteiger partial charge is 1.00 e. The van der Waals surface area contributed by atoms with Crippen LogP contribution in [0, 0.1) is 0 Å². The Bertz CT molecular complexity index is 573. The number of fused-ring (bicyclic) bond motifs is 1. The molecule has 0 saturated carbocycles. The molecule has 0 atom stereocenters.